The van der Waals surface area contributed by atoms with E-state index in [0.717, 1.165) is 11.5 Å². The number of pyridine rings is 1. The van der Waals surface area contributed by atoms with Crippen LogP contribution in [0.25, 0.3) is 0 Å². The average molecular weight is 242 g/mol. The van der Waals surface area contributed by atoms with Crippen molar-refractivity contribution < 1.29 is 4.79 Å². The van der Waals surface area contributed by atoms with Gasteiger partial charge in [0.15, 0.2) is 0 Å². The topological polar surface area (TPSA) is 80.7 Å². The maximum atomic E-state index is 11.5. The van der Waals surface area contributed by atoms with Crippen LogP contribution in [0.15, 0.2) is 18.3 Å². The largest absolute Gasteiger partial charge is 0.294 e. The van der Waals surface area contributed by atoms with Crippen LogP contribution in [0.4, 0.5) is 5.13 Å². The Morgan fingerprint density at radius 1 is 1.53 bits per heavy atom. The van der Waals surface area contributed by atoms with Crippen LogP contribution in [0.1, 0.15) is 10.5 Å². The van der Waals surface area contributed by atoms with Crippen LogP contribution in [0.3, 0.4) is 0 Å². The van der Waals surface area contributed by atoms with Crippen molar-refractivity contribution in [2.24, 2.45) is 0 Å². The first-order valence-corrected chi connectivity index (χ1v) is 4.99. The van der Waals surface area contributed by atoms with Gasteiger partial charge >= 0.3 is 0 Å². The number of nitrogens with one attached hydrogen (secondary N) is 1. The SMILES string of the molecule is O=C(Nc1nnns1)c1cc(Cl)ccn1. The summed E-state index contributed by atoms with van der Waals surface area (Å²) in [6, 6.07) is 3.05. The zero-order valence-corrected chi connectivity index (χ0v) is 8.79. The number of hydrogen-bond acceptors (Lipinski definition) is 6. The van der Waals surface area contributed by atoms with E-state index in [0.29, 0.717) is 10.2 Å². The molecule has 0 saturated carbocycles. The number of halogens is 1. The van der Waals surface area contributed by atoms with Crippen molar-refractivity contribution in [2.75, 3.05) is 5.32 Å². The Balaban J connectivity index is 2.15. The molecule has 2 heterocycles. The van der Waals surface area contributed by atoms with Crippen molar-refractivity contribution in [3.63, 3.8) is 0 Å². The lowest BCUT2D eigenvalue weighted by Crippen LogP contribution is -2.13. The van der Waals surface area contributed by atoms with Crippen molar-refractivity contribution in [3.05, 3.63) is 29.0 Å². The lowest BCUT2D eigenvalue weighted by molar-refractivity contribution is 0.102. The Kier molecular flexibility index (Phi) is 2.84. The maximum absolute atomic E-state index is 11.5. The van der Waals surface area contributed by atoms with Gasteiger partial charge in [0.1, 0.15) is 5.69 Å². The Bertz CT molecular complexity index is 474. The summed E-state index contributed by atoms with van der Waals surface area (Å²) in [6.07, 6.45) is 1.45. The minimum Gasteiger partial charge on any atom is -0.294 e. The molecular weight excluding hydrogens is 238 g/mol. The number of aromatic nitrogens is 4. The summed E-state index contributed by atoms with van der Waals surface area (Å²) in [7, 11) is 0. The fourth-order valence-corrected chi connectivity index (χ4v) is 1.39. The molecule has 2 aromatic heterocycles. The van der Waals surface area contributed by atoms with Gasteiger partial charge in [0.05, 0.1) is 0 Å². The highest BCUT2D eigenvalue weighted by atomic mass is 35.5. The van der Waals surface area contributed by atoms with Crippen LogP contribution in [-0.2, 0) is 0 Å². The van der Waals surface area contributed by atoms with Gasteiger partial charge in [-0.25, -0.2) is 0 Å². The van der Waals surface area contributed by atoms with E-state index in [-0.39, 0.29) is 5.69 Å². The average Bonchev–Trinajstić information content (AvgIpc) is 2.70. The number of anilines is 1. The van der Waals surface area contributed by atoms with Gasteiger partial charge < -0.3 is 0 Å². The molecular formula is C7H4ClN5OS. The number of carbonyl (C=O) groups excluding carboxylic acids is 1. The van der Waals surface area contributed by atoms with Crippen LogP contribution in [0.5, 0.6) is 0 Å². The molecule has 0 atom stereocenters. The molecule has 0 saturated heterocycles. The summed E-state index contributed by atoms with van der Waals surface area (Å²) in [5, 5.41) is 10.2. The Morgan fingerprint density at radius 2 is 2.40 bits per heavy atom. The molecule has 0 radical (unpaired) electrons. The molecule has 0 bridgehead atoms. The van der Waals surface area contributed by atoms with Crippen molar-refractivity contribution in [2.45, 2.75) is 0 Å². The molecule has 2 rings (SSSR count). The summed E-state index contributed by atoms with van der Waals surface area (Å²) in [4.78, 5) is 15.4. The molecule has 76 valence electrons. The second kappa shape index (κ2) is 4.28. The van der Waals surface area contributed by atoms with Crippen LogP contribution in [-0.4, -0.2) is 25.7 Å². The minimum absolute atomic E-state index is 0.220. The molecule has 1 N–H and O–H groups in total. The number of rotatable bonds is 2. The highest BCUT2D eigenvalue weighted by Crippen LogP contribution is 2.10. The number of carbonyl (C=O) groups is 1. The van der Waals surface area contributed by atoms with E-state index in [1.165, 1.54) is 12.3 Å². The van der Waals surface area contributed by atoms with Crippen LogP contribution >= 0.6 is 23.1 Å². The zero-order valence-electron chi connectivity index (χ0n) is 7.22. The maximum Gasteiger partial charge on any atom is 0.276 e. The molecule has 0 aromatic carbocycles. The monoisotopic (exact) mass is 241 g/mol. The van der Waals surface area contributed by atoms with E-state index in [1.807, 2.05) is 0 Å². The molecule has 15 heavy (non-hydrogen) atoms. The quantitative estimate of drug-likeness (QED) is 0.855. The van der Waals surface area contributed by atoms with Gasteiger partial charge in [-0.1, -0.05) is 21.2 Å². The highest BCUT2D eigenvalue weighted by Gasteiger charge is 2.09. The molecule has 0 aliphatic heterocycles. The molecule has 6 nitrogen and oxygen atoms in total. The van der Waals surface area contributed by atoms with E-state index in [2.05, 4.69) is 25.1 Å². The Labute approximate surface area is 93.5 Å². The minimum atomic E-state index is -0.393. The zero-order chi connectivity index (χ0) is 10.7. The normalized spacial score (nSPS) is 9.93. The second-order valence-corrected chi connectivity index (χ2v) is 3.65. The fraction of sp³-hybridized carbons (Fsp3) is 0. The van der Waals surface area contributed by atoms with Crippen molar-refractivity contribution in [3.8, 4) is 0 Å². The van der Waals surface area contributed by atoms with E-state index in [1.54, 1.807) is 6.07 Å². The summed E-state index contributed by atoms with van der Waals surface area (Å²) in [5.41, 5.74) is 0.220. The molecule has 0 aliphatic rings. The Morgan fingerprint density at radius 3 is 3.07 bits per heavy atom. The van der Waals surface area contributed by atoms with E-state index >= 15 is 0 Å². The third kappa shape index (κ3) is 2.45. The third-order valence-electron chi connectivity index (χ3n) is 1.47. The molecule has 8 heteroatoms. The number of amides is 1. The lowest BCUT2D eigenvalue weighted by Gasteiger charge is -1.99. The smallest absolute Gasteiger partial charge is 0.276 e. The van der Waals surface area contributed by atoms with Gasteiger partial charge in [-0.3, -0.25) is 15.1 Å². The Hall–Kier alpha value is -1.60. The first-order chi connectivity index (χ1) is 7.25. The second-order valence-electron chi connectivity index (χ2n) is 2.48. The molecule has 1 amide bonds. The van der Waals surface area contributed by atoms with Gasteiger partial charge in [-0.15, -0.1) is 0 Å². The number of nitrogens with zero attached hydrogens (tertiary/aromatic N) is 4. The van der Waals surface area contributed by atoms with Crippen molar-refractivity contribution in [1.82, 2.24) is 19.8 Å². The summed E-state index contributed by atoms with van der Waals surface area (Å²) in [5.74, 6) is -0.393. The van der Waals surface area contributed by atoms with Gasteiger partial charge in [0.25, 0.3) is 5.91 Å². The van der Waals surface area contributed by atoms with Crippen LogP contribution < -0.4 is 5.32 Å². The molecule has 2 aromatic rings. The van der Waals surface area contributed by atoms with E-state index in [9.17, 15) is 4.79 Å². The van der Waals surface area contributed by atoms with Crippen LogP contribution in [0.2, 0.25) is 5.02 Å². The van der Waals surface area contributed by atoms with Gasteiger partial charge in [0, 0.05) is 22.8 Å². The summed E-state index contributed by atoms with van der Waals surface area (Å²) < 4.78 is 3.51. The van der Waals surface area contributed by atoms with Crippen LogP contribution in [0, 0.1) is 0 Å². The van der Waals surface area contributed by atoms with E-state index < -0.39 is 5.91 Å². The van der Waals surface area contributed by atoms with E-state index in [4.69, 9.17) is 11.6 Å². The van der Waals surface area contributed by atoms with Gasteiger partial charge in [-0.2, -0.15) is 0 Å². The van der Waals surface area contributed by atoms with Gasteiger partial charge in [0.2, 0.25) is 5.13 Å². The molecule has 0 unspecified atom stereocenters. The fourth-order valence-electron chi connectivity index (χ4n) is 0.872. The standard InChI is InChI=1S/C7H4ClN5OS/c8-4-1-2-9-5(3-4)6(14)10-7-11-12-13-15-7/h1-3H,(H,10,11,13,14). The highest BCUT2D eigenvalue weighted by molar-refractivity contribution is 7.09. The summed E-state index contributed by atoms with van der Waals surface area (Å²) >= 11 is 6.70. The molecule has 0 fully saturated rings. The predicted molar refractivity (Wildman–Crippen MR) is 54.9 cm³/mol. The van der Waals surface area contributed by atoms with Crippen molar-refractivity contribution in [1.29, 1.82) is 0 Å². The number of hydrogen-bond donors (Lipinski definition) is 1. The molecule has 0 spiro atoms. The van der Waals surface area contributed by atoms with Gasteiger partial charge in [-0.05, 0) is 17.3 Å². The first kappa shape index (κ1) is 9.94. The lowest BCUT2D eigenvalue weighted by atomic mass is 10.3. The van der Waals surface area contributed by atoms with Crippen molar-refractivity contribution >= 4 is 34.2 Å². The third-order valence-corrected chi connectivity index (χ3v) is 2.22. The predicted octanol–water partition coefficient (Wildman–Crippen LogP) is 1.23. The first-order valence-electron chi connectivity index (χ1n) is 3.83. The summed E-state index contributed by atoms with van der Waals surface area (Å²) in [6.45, 7) is 0. The molecule has 0 aliphatic carbocycles.